The standard InChI is InChI=1S/C22H31N5O2/c1-17-3-5-18(6-4-17)21-25-19(16-29-21)7-9-24-22(23-2)27-10-8-20(15-27)26-11-13-28-14-12-26/h3-6,16,20H,7-15H2,1-2H3,(H,23,24). The SMILES string of the molecule is CN=C(NCCc1coc(-c2ccc(C)cc2)n1)N1CCC(N2CCOCC2)C1. The maximum Gasteiger partial charge on any atom is 0.226 e. The van der Waals surface area contributed by atoms with E-state index in [0.29, 0.717) is 11.9 Å². The number of hydrogen-bond donors (Lipinski definition) is 1. The van der Waals surface area contributed by atoms with Crippen LogP contribution in [-0.4, -0.2) is 79.8 Å². The van der Waals surface area contributed by atoms with Gasteiger partial charge in [0.25, 0.3) is 0 Å². The number of aliphatic imine (C=N–C) groups is 1. The Morgan fingerprint density at radius 1 is 1.21 bits per heavy atom. The molecule has 156 valence electrons. The maximum atomic E-state index is 5.66. The molecule has 2 saturated heterocycles. The third-order valence-electron chi connectivity index (χ3n) is 5.75. The molecule has 2 fully saturated rings. The van der Waals surface area contributed by atoms with Gasteiger partial charge < -0.3 is 19.4 Å². The van der Waals surface area contributed by atoms with Crippen LogP contribution in [0.3, 0.4) is 0 Å². The number of nitrogens with zero attached hydrogens (tertiary/aromatic N) is 4. The molecular formula is C22H31N5O2. The summed E-state index contributed by atoms with van der Waals surface area (Å²) in [7, 11) is 1.86. The van der Waals surface area contributed by atoms with E-state index in [2.05, 4.69) is 44.1 Å². The largest absolute Gasteiger partial charge is 0.444 e. The fraction of sp³-hybridized carbons (Fsp3) is 0.545. The van der Waals surface area contributed by atoms with Gasteiger partial charge in [0.15, 0.2) is 5.96 Å². The first-order chi connectivity index (χ1) is 14.2. The second kappa shape index (κ2) is 9.41. The number of ether oxygens (including phenoxy) is 1. The summed E-state index contributed by atoms with van der Waals surface area (Å²) in [5.74, 6) is 1.65. The molecule has 4 rings (SSSR count). The number of aromatic nitrogens is 1. The quantitative estimate of drug-likeness (QED) is 0.616. The van der Waals surface area contributed by atoms with Gasteiger partial charge in [-0.15, -0.1) is 0 Å². The number of benzene rings is 1. The number of oxazole rings is 1. The Morgan fingerprint density at radius 3 is 2.76 bits per heavy atom. The summed E-state index contributed by atoms with van der Waals surface area (Å²) in [5.41, 5.74) is 3.20. The third kappa shape index (κ3) is 4.97. The lowest BCUT2D eigenvalue weighted by Crippen LogP contribution is -2.46. The molecule has 0 aliphatic carbocycles. The van der Waals surface area contributed by atoms with Gasteiger partial charge in [0.1, 0.15) is 6.26 Å². The summed E-state index contributed by atoms with van der Waals surface area (Å²) in [4.78, 5) is 14.0. The molecule has 2 aromatic rings. The smallest absolute Gasteiger partial charge is 0.226 e. The molecule has 0 spiro atoms. The van der Waals surface area contributed by atoms with Crippen LogP contribution in [0, 0.1) is 6.92 Å². The molecule has 0 saturated carbocycles. The van der Waals surface area contributed by atoms with Gasteiger partial charge >= 0.3 is 0 Å². The minimum Gasteiger partial charge on any atom is -0.444 e. The number of nitrogens with one attached hydrogen (secondary N) is 1. The van der Waals surface area contributed by atoms with Crippen molar-refractivity contribution < 1.29 is 9.15 Å². The minimum absolute atomic E-state index is 0.602. The highest BCUT2D eigenvalue weighted by molar-refractivity contribution is 5.80. The number of aryl methyl sites for hydroxylation is 1. The first kappa shape index (κ1) is 19.9. The molecule has 29 heavy (non-hydrogen) atoms. The van der Waals surface area contributed by atoms with Crippen molar-refractivity contribution >= 4 is 5.96 Å². The first-order valence-electron chi connectivity index (χ1n) is 10.5. The highest BCUT2D eigenvalue weighted by atomic mass is 16.5. The van der Waals surface area contributed by atoms with Crippen LogP contribution in [0.1, 0.15) is 17.7 Å². The van der Waals surface area contributed by atoms with Gasteiger partial charge in [0, 0.05) is 57.8 Å². The van der Waals surface area contributed by atoms with Gasteiger partial charge in [0.2, 0.25) is 5.89 Å². The Morgan fingerprint density at radius 2 is 2.00 bits per heavy atom. The van der Waals surface area contributed by atoms with E-state index in [-0.39, 0.29) is 0 Å². The highest BCUT2D eigenvalue weighted by Gasteiger charge is 2.30. The first-order valence-corrected chi connectivity index (χ1v) is 10.5. The zero-order valence-electron chi connectivity index (χ0n) is 17.4. The molecule has 7 heteroatoms. The second-order valence-electron chi connectivity index (χ2n) is 7.77. The molecule has 2 aliphatic rings. The van der Waals surface area contributed by atoms with Crippen molar-refractivity contribution in [2.24, 2.45) is 4.99 Å². The van der Waals surface area contributed by atoms with Gasteiger partial charge in [-0.05, 0) is 25.5 Å². The van der Waals surface area contributed by atoms with Crippen LogP contribution in [0.5, 0.6) is 0 Å². The fourth-order valence-corrected chi connectivity index (χ4v) is 4.06. The van der Waals surface area contributed by atoms with Crippen molar-refractivity contribution in [2.45, 2.75) is 25.8 Å². The summed E-state index contributed by atoms with van der Waals surface area (Å²) < 4.78 is 11.1. The summed E-state index contributed by atoms with van der Waals surface area (Å²) in [6.07, 6.45) is 3.74. The molecule has 0 bridgehead atoms. The van der Waals surface area contributed by atoms with E-state index in [9.17, 15) is 0 Å². The van der Waals surface area contributed by atoms with Crippen LogP contribution in [-0.2, 0) is 11.2 Å². The number of guanidine groups is 1. The van der Waals surface area contributed by atoms with Gasteiger partial charge in [-0.3, -0.25) is 9.89 Å². The Hall–Kier alpha value is -2.38. The van der Waals surface area contributed by atoms with Gasteiger partial charge in [-0.2, -0.15) is 0 Å². The molecule has 2 aliphatic heterocycles. The van der Waals surface area contributed by atoms with E-state index in [0.717, 1.165) is 69.6 Å². The monoisotopic (exact) mass is 397 g/mol. The van der Waals surface area contributed by atoms with E-state index in [1.807, 2.05) is 19.2 Å². The van der Waals surface area contributed by atoms with Crippen LogP contribution >= 0.6 is 0 Å². The highest BCUT2D eigenvalue weighted by Crippen LogP contribution is 2.19. The Kier molecular flexibility index (Phi) is 6.46. The molecule has 1 aromatic heterocycles. The predicted molar refractivity (Wildman–Crippen MR) is 114 cm³/mol. The number of hydrogen-bond acceptors (Lipinski definition) is 5. The average Bonchev–Trinajstić information content (AvgIpc) is 3.43. The van der Waals surface area contributed by atoms with Crippen molar-refractivity contribution in [2.75, 3.05) is 53.0 Å². The molecule has 0 amide bonds. The van der Waals surface area contributed by atoms with Crippen molar-refractivity contribution in [1.82, 2.24) is 20.1 Å². The van der Waals surface area contributed by atoms with Crippen LogP contribution in [0.25, 0.3) is 11.5 Å². The van der Waals surface area contributed by atoms with Crippen molar-refractivity contribution in [3.63, 3.8) is 0 Å². The summed E-state index contributed by atoms with van der Waals surface area (Å²) in [6.45, 7) is 8.72. The third-order valence-corrected chi connectivity index (χ3v) is 5.75. The average molecular weight is 398 g/mol. The lowest BCUT2D eigenvalue weighted by Gasteiger charge is -2.32. The zero-order valence-corrected chi connectivity index (χ0v) is 17.4. The van der Waals surface area contributed by atoms with E-state index in [4.69, 9.17) is 9.15 Å². The lowest BCUT2D eigenvalue weighted by molar-refractivity contribution is 0.0195. The van der Waals surface area contributed by atoms with E-state index >= 15 is 0 Å². The summed E-state index contributed by atoms with van der Waals surface area (Å²) in [5, 5.41) is 3.49. The fourth-order valence-electron chi connectivity index (χ4n) is 4.06. The molecule has 3 heterocycles. The zero-order chi connectivity index (χ0) is 20.1. The molecule has 1 atom stereocenters. The summed E-state index contributed by atoms with van der Waals surface area (Å²) >= 11 is 0. The second-order valence-corrected chi connectivity index (χ2v) is 7.77. The maximum absolute atomic E-state index is 5.66. The van der Waals surface area contributed by atoms with E-state index in [1.165, 1.54) is 12.0 Å². The van der Waals surface area contributed by atoms with Crippen molar-refractivity contribution in [3.05, 3.63) is 41.8 Å². The van der Waals surface area contributed by atoms with Crippen LogP contribution in [0.15, 0.2) is 39.9 Å². The molecule has 1 aromatic carbocycles. The lowest BCUT2D eigenvalue weighted by atomic mass is 10.1. The minimum atomic E-state index is 0.602. The van der Waals surface area contributed by atoms with Crippen LogP contribution in [0.2, 0.25) is 0 Å². The molecule has 7 nitrogen and oxygen atoms in total. The number of rotatable bonds is 5. The molecule has 0 radical (unpaired) electrons. The van der Waals surface area contributed by atoms with E-state index in [1.54, 1.807) is 6.26 Å². The normalized spacial score (nSPS) is 21.0. The van der Waals surface area contributed by atoms with Gasteiger partial charge in [-0.25, -0.2) is 4.98 Å². The van der Waals surface area contributed by atoms with Crippen molar-refractivity contribution in [3.8, 4) is 11.5 Å². The van der Waals surface area contributed by atoms with Gasteiger partial charge in [0.05, 0.1) is 18.9 Å². The molecular weight excluding hydrogens is 366 g/mol. The Balaban J connectivity index is 1.26. The van der Waals surface area contributed by atoms with Crippen molar-refractivity contribution in [1.29, 1.82) is 0 Å². The summed E-state index contributed by atoms with van der Waals surface area (Å²) in [6, 6.07) is 8.84. The topological polar surface area (TPSA) is 66.1 Å². The number of morpholine rings is 1. The predicted octanol–water partition coefficient (Wildman–Crippen LogP) is 2.17. The van der Waals surface area contributed by atoms with E-state index < -0.39 is 0 Å². The van der Waals surface area contributed by atoms with Crippen LogP contribution < -0.4 is 5.32 Å². The molecule has 1 N–H and O–H groups in total. The van der Waals surface area contributed by atoms with Crippen LogP contribution in [0.4, 0.5) is 0 Å². The van der Waals surface area contributed by atoms with Gasteiger partial charge in [-0.1, -0.05) is 17.7 Å². The Bertz CT molecular complexity index is 811. The number of likely N-dealkylation sites (tertiary alicyclic amines) is 1. The molecule has 1 unspecified atom stereocenters. The Labute approximate surface area is 172 Å².